The SMILES string of the molecule is CCCCC(=O)OS(=O)(=O)c1ccc(Br)c(Oc2ccc(CNC(=N)N)cc2Br)c1. The van der Waals surface area contributed by atoms with Gasteiger partial charge in [0.05, 0.1) is 8.95 Å². The minimum Gasteiger partial charge on any atom is -0.455 e. The zero-order valence-corrected chi connectivity index (χ0v) is 20.1. The van der Waals surface area contributed by atoms with Crippen LogP contribution in [0.2, 0.25) is 0 Å². The molecule has 11 heteroatoms. The summed E-state index contributed by atoms with van der Waals surface area (Å²) < 4.78 is 36.5. The molecule has 2 aromatic carbocycles. The molecule has 162 valence electrons. The Kier molecular flexibility index (Phi) is 8.68. The summed E-state index contributed by atoms with van der Waals surface area (Å²) in [5.41, 5.74) is 6.14. The number of carbonyl (C=O) groups excluding carboxylic acids is 1. The molecule has 0 saturated heterocycles. The molecule has 0 bridgehead atoms. The topological polar surface area (TPSA) is 132 Å². The Labute approximate surface area is 192 Å². The molecular formula is C19H21Br2N3O5S. The van der Waals surface area contributed by atoms with Crippen LogP contribution in [0.1, 0.15) is 31.7 Å². The van der Waals surface area contributed by atoms with E-state index in [1.165, 1.54) is 18.2 Å². The van der Waals surface area contributed by atoms with E-state index in [0.717, 1.165) is 12.0 Å². The van der Waals surface area contributed by atoms with Crippen LogP contribution in [0.4, 0.5) is 0 Å². The summed E-state index contributed by atoms with van der Waals surface area (Å²) in [6, 6.07) is 9.37. The summed E-state index contributed by atoms with van der Waals surface area (Å²) in [7, 11) is -4.26. The molecule has 0 amide bonds. The van der Waals surface area contributed by atoms with Crippen LogP contribution in [-0.4, -0.2) is 20.3 Å². The second kappa shape index (κ2) is 10.8. The molecule has 0 heterocycles. The van der Waals surface area contributed by atoms with E-state index >= 15 is 0 Å². The first-order valence-electron chi connectivity index (χ1n) is 8.93. The standard InChI is InChI=1S/C19H21Br2N3O5S/c1-2-3-4-18(25)29-30(26,27)13-6-7-14(20)17(10-13)28-16-8-5-12(9-15(16)21)11-24-19(22)23/h5-10H,2-4,11H2,1H3,(H4,22,23,24). The van der Waals surface area contributed by atoms with Crippen LogP contribution in [0.25, 0.3) is 0 Å². The lowest BCUT2D eigenvalue weighted by atomic mass is 10.2. The van der Waals surface area contributed by atoms with Gasteiger partial charge in [-0.05, 0) is 68.1 Å². The average Bonchev–Trinajstić information content (AvgIpc) is 2.67. The number of carbonyl (C=O) groups is 1. The van der Waals surface area contributed by atoms with Gasteiger partial charge in [-0.15, -0.1) is 0 Å². The fraction of sp³-hybridized carbons (Fsp3) is 0.263. The molecule has 0 aromatic heterocycles. The van der Waals surface area contributed by atoms with E-state index in [2.05, 4.69) is 41.4 Å². The van der Waals surface area contributed by atoms with Crippen molar-refractivity contribution in [2.45, 2.75) is 37.6 Å². The molecule has 4 N–H and O–H groups in total. The number of rotatable bonds is 9. The molecule has 0 atom stereocenters. The second-order valence-corrected chi connectivity index (χ2v) is 9.49. The van der Waals surface area contributed by atoms with E-state index in [1.54, 1.807) is 18.2 Å². The lowest BCUT2D eigenvalue weighted by Gasteiger charge is -2.13. The maximum absolute atomic E-state index is 12.4. The normalized spacial score (nSPS) is 11.0. The Morgan fingerprint density at radius 2 is 1.87 bits per heavy atom. The molecule has 0 radical (unpaired) electrons. The molecule has 2 aromatic rings. The molecule has 0 spiro atoms. The number of halogens is 2. The summed E-state index contributed by atoms with van der Waals surface area (Å²) in [5.74, 6) is -0.253. The Balaban J connectivity index is 2.21. The van der Waals surface area contributed by atoms with E-state index in [-0.39, 0.29) is 23.0 Å². The smallest absolute Gasteiger partial charge is 0.341 e. The summed E-state index contributed by atoms with van der Waals surface area (Å²) in [6.07, 6.45) is 1.34. The van der Waals surface area contributed by atoms with E-state index in [4.69, 9.17) is 15.9 Å². The van der Waals surface area contributed by atoms with Crippen molar-refractivity contribution in [2.75, 3.05) is 0 Å². The molecule has 0 aliphatic carbocycles. The van der Waals surface area contributed by atoms with Gasteiger partial charge in [0.15, 0.2) is 5.96 Å². The molecule has 2 rings (SSSR count). The van der Waals surface area contributed by atoms with Gasteiger partial charge in [0.1, 0.15) is 16.4 Å². The van der Waals surface area contributed by atoms with Crippen LogP contribution >= 0.6 is 31.9 Å². The first kappa shape index (κ1) is 24.2. The van der Waals surface area contributed by atoms with Crippen molar-refractivity contribution >= 4 is 53.9 Å². The minimum atomic E-state index is -4.26. The third-order valence-corrected chi connectivity index (χ3v) is 6.34. The van der Waals surface area contributed by atoms with Crippen molar-refractivity contribution in [3.8, 4) is 11.5 Å². The Morgan fingerprint density at radius 3 is 2.50 bits per heavy atom. The van der Waals surface area contributed by atoms with Crippen LogP contribution in [0, 0.1) is 5.41 Å². The van der Waals surface area contributed by atoms with Crippen molar-refractivity contribution in [2.24, 2.45) is 5.73 Å². The van der Waals surface area contributed by atoms with Crippen molar-refractivity contribution in [3.63, 3.8) is 0 Å². The Morgan fingerprint density at radius 1 is 1.13 bits per heavy atom. The Bertz CT molecular complexity index is 1040. The zero-order valence-electron chi connectivity index (χ0n) is 16.1. The van der Waals surface area contributed by atoms with Crippen LogP contribution < -0.4 is 15.8 Å². The fourth-order valence-corrected chi connectivity index (χ4v) is 4.05. The number of ether oxygens (including phenoxy) is 1. The molecule has 0 unspecified atom stereocenters. The predicted octanol–water partition coefficient (Wildman–Crippen LogP) is 4.41. The van der Waals surface area contributed by atoms with Gasteiger partial charge in [-0.1, -0.05) is 19.4 Å². The van der Waals surface area contributed by atoms with Gasteiger partial charge in [-0.25, -0.2) is 0 Å². The highest BCUT2D eigenvalue weighted by atomic mass is 79.9. The van der Waals surface area contributed by atoms with E-state index < -0.39 is 16.1 Å². The monoisotopic (exact) mass is 561 g/mol. The van der Waals surface area contributed by atoms with Gasteiger partial charge in [0.25, 0.3) is 0 Å². The molecule has 0 saturated carbocycles. The largest absolute Gasteiger partial charge is 0.455 e. The van der Waals surface area contributed by atoms with E-state index in [0.29, 0.717) is 27.7 Å². The number of nitrogens with one attached hydrogen (secondary N) is 2. The highest BCUT2D eigenvalue weighted by Gasteiger charge is 2.22. The van der Waals surface area contributed by atoms with Crippen LogP contribution in [0.5, 0.6) is 11.5 Å². The molecular weight excluding hydrogens is 542 g/mol. The quantitative estimate of drug-likeness (QED) is 0.234. The molecule has 0 aliphatic heterocycles. The van der Waals surface area contributed by atoms with Crippen molar-refractivity contribution in [1.29, 1.82) is 5.41 Å². The number of guanidine groups is 1. The summed E-state index contributed by atoms with van der Waals surface area (Å²) in [4.78, 5) is 11.5. The number of benzene rings is 2. The van der Waals surface area contributed by atoms with Crippen molar-refractivity contribution in [3.05, 3.63) is 50.9 Å². The van der Waals surface area contributed by atoms with Crippen molar-refractivity contribution < 1.29 is 22.1 Å². The second-order valence-electron chi connectivity index (χ2n) is 6.24. The number of hydrogen-bond donors (Lipinski definition) is 3. The highest BCUT2D eigenvalue weighted by molar-refractivity contribution is 9.11. The van der Waals surface area contributed by atoms with E-state index in [9.17, 15) is 13.2 Å². The van der Waals surface area contributed by atoms with Crippen LogP contribution in [-0.2, 0) is 25.6 Å². The molecule has 0 fully saturated rings. The average molecular weight is 563 g/mol. The lowest BCUT2D eigenvalue weighted by Crippen LogP contribution is -2.29. The number of hydrogen-bond acceptors (Lipinski definition) is 6. The third-order valence-electron chi connectivity index (χ3n) is 3.83. The Hall–Kier alpha value is -2.11. The maximum atomic E-state index is 12.4. The van der Waals surface area contributed by atoms with E-state index in [1.807, 2.05) is 6.92 Å². The van der Waals surface area contributed by atoms with Crippen LogP contribution in [0.15, 0.2) is 50.2 Å². The number of nitrogens with two attached hydrogens (primary N) is 1. The lowest BCUT2D eigenvalue weighted by molar-refractivity contribution is -0.133. The molecule has 0 aliphatic rings. The maximum Gasteiger partial charge on any atom is 0.341 e. The van der Waals surface area contributed by atoms with Crippen molar-refractivity contribution in [1.82, 2.24) is 5.32 Å². The zero-order chi connectivity index (χ0) is 22.3. The summed E-state index contributed by atoms with van der Waals surface area (Å²) in [6.45, 7) is 2.26. The van der Waals surface area contributed by atoms with Gasteiger partial charge in [0, 0.05) is 19.0 Å². The highest BCUT2D eigenvalue weighted by Crippen LogP contribution is 2.36. The summed E-state index contributed by atoms with van der Waals surface area (Å²) in [5, 5.41) is 9.91. The molecule has 8 nitrogen and oxygen atoms in total. The van der Waals surface area contributed by atoms with Gasteiger partial charge in [-0.3, -0.25) is 10.2 Å². The first-order valence-corrected chi connectivity index (χ1v) is 11.9. The van der Waals surface area contributed by atoms with Gasteiger partial charge < -0.3 is 20.0 Å². The predicted molar refractivity (Wildman–Crippen MR) is 120 cm³/mol. The van der Waals surface area contributed by atoms with Gasteiger partial charge in [-0.2, -0.15) is 8.42 Å². The molecule has 30 heavy (non-hydrogen) atoms. The van der Waals surface area contributed by atoms with Gasteiger partial charge in [0.2, 0.25) is 0 Å². The fourth-order valence-electron chi connectivity index (χ4n) is 2.30. The first-order chi connectivity index (χ1) is 14.1. The summed E-state index contributed by atoms with van der Waals surface area (Å²) >= 11 is 6.74. The third kappa shape index (κ3) is 6.99. The van der Waals surface area contributed by atoms with Crippen LogP contribution in [0.3, 0.4) is 0 Å². The van der Waals surface area contributed by atoms with Gasteiger partial charge >= 0.3 is 16.1 Å². The number of unbranched alkanes of at least 4 members (excludes halogenated alkanes) is 1. The minimum absolute atomic E-state index is 0.0351.